The Balaban J connectivity index is 1.89. The highest BCUT2D eigenvalue weighted by Crippen LogP contribution is 2.57. The summed E-state index contributed by atoms with van der Waals surface area (Å²) in [5.74, 6) is 0.103. The number of halogens is 1. The van der Waals surface area contributed by atoms with Crippen LogP contribution in [-0.2, 0) is 6.61 Å². The van der Waals surface area contributed by atoms with Crippen LogP contribution in [0.2, 0.25) is 5.02 Å². The number of fused-ring (bicyclic) bond motifs is 1. The van der Waals surface area contributed by atoms with Crippen molar-refractivity contribution in [2.24, 2.45) is 17.1 Å². The molecule has 2 aromatic rings. The summed E-state index contributed by atoms with van der Waals surface area (Å²) in [5.41, 5.74) is 11.1. The zero-order valence-corrected chi connectivity index (χ0v) is 20.9. The van der Waals surface area contributed by atoms with Gasteiger partial charge >= 0.3 is 0 Å². The standard InChI is InChI=1S/C29H27ClN4O/c1-17-12-18(2)26(19(3)25(17)14-35-21-10-8-20(30)9-11-21)27-23-7-5-4-6-22(23)24(13-31)28(34)29(27,15-32)16-33/h6,8-12,23,27H,4-5,7,14,34H2,1-3H3. The summed E-state index contributed by atoms with van der Waals surface area (Å²) >= 11 is 6.00. The summed E-state index contributed by atoms with van der Waals surface area (Å²) in [6.45, 7) is 6.43. The first-order valence-corrected chi connectivity index (χ1v) is 12.1. The number of ether oxygens (including phenoxy) is 1. The Morgan fingerprint density at radius 1 is 1.09 bits per heavy atom. The van der Waals surface area contributed by atoms with Crippen LogP contribution < -0.4 is 10.5 Å². The van der Waals surface area contributed by atoms with Gasteiger partial charge in [0.2, 0.25) is 0 Å². The number of rotatable bonds is 4. The third-order valence-electron chi connectivity index (χ3n) is 7.50. The van der Waals surface area contributed by atoms with Gasteiger partial charge in [0.1, 0.15) is 18.4 Å². The van der Waals surface area contributed by atoms with Gasteiger partial charge in [0, 0.05) is 10.9 Å². The Morgan fingerprint density at radius 3 is 2.40 bits per heavy atom. The second-order valence-electron chi connectivity index (χ2n) is 9.38. The Kier molecular flexibility index (Phi) is 6.62. The minimum atomic E-state index is -1.62. The molecule has 4 rings (SSSR count). The molecule has 0 amide bonds. The summed E-state index contributed by atoms with van der Waals surface area (Å²) < 4.78 is 6.08. The van der Waals surface area contributed by atoms with E-state index in [2.05, 4.69) is 30.4 Å². The number of nitrogens with two attached hydrogens (primary N) is 1. The molecule has 176 valence electrons. The topological polar surface area (TPSA) is 107 Å². The van der Waals surface area contributed by atoms with Crippen LogP contribution in [0, 0.1) is 66.1 Å². The average Bonchev–Trinajstić information content (AvgIpc) is 2.85. The molecule has 6 heteroatoms. The largest absolute Gasteiger partial charge is 0.489 e. The van der Waals surface area contributed by atoms with E-state index in [-0.39, 0.29) is 11.6 Å². The summed E-state index contributed by atoms with van der Waals surface area (Å²) in [4.78, 5) is 0. The van der Waals surface area contributed by atoms with E-state index >= 15 is 0 Å². The minimum Gasteiger partial charge on any atom is -0.489 e. The monoisotopic (exact) mass is 482 g/mol. The van der Waals surface area contributed by atoms with Crippen LogP contribution in [-0.4, -0.2) is 0 Å². The molecule has 0 heterocycles. The van der Waals surface area contributed by atoms with E-state index in [1.165, 1.54) is 0 Å². The van der Waals surface area contributed by atoms with Crippen molar-refractivity contribution in [3.8, 4) is 24.0 Å². The molecule has 2 atom stereocenters. The molecule has 5 nitrogen and oxygen atoms in total. The Morgan fingerprint density at radius 2 is 1.77 bits per heavy atom. The van der Waals surface area contributed by atoms with E-state index in [1.54, 1.807) is 12.1 Å². The van der Waals surface area contributed by atoms with Crippen LogP contribution in [0.1, 0.15) is 53.0 Å². The van der Waals surface area contributed by atoms with Crippen molar-refractivity contribution >= 4 is 11.6 Å². The molecule has 0 radical (unpaired) electrons. The van der Waals surface area contributed by atoms with Crippen LogP contribution >= 0.6 is 11.6 Å². The fraction of sp³-hybridized carbons (Fsp3) is 0.345. The molecule has 2 N–H and O–H groups in total. The van der Waals surface area contributed by atoms with Crippen molar-refractivity contribution in [2.45, 2.75) is 52.6 Å². The molecule has 2 aliphatic rings. The molecule has 0 aliphatic heterocycles. The van der Waals surface area contributed by atoms with Crippen LogP contribution in [0.5, 0.6) is 5.75 Å². The number of nitriles is 3. The normalized spacial score (nSPS) is 20.7. The third-order valence-corrected chi connectivity index (χ3v) is 7.75. The van der Waals surface area contributed by atoms with Crippen LogP contribution in [0.3, 0.4) is 0 Å². The molecular formula is C29H27ClN4O. The molecule has 2 unspecified atom stereocenters. The number of allylic oxidation sites excluding steroid dienone is 4. The maximum Gasteiger partial charge on any atom is 0.191 e. The maximum atomic E-state index is 10.4. The lowest BCUT2D eigenvalue weighted by atomic mass is 9.55. The van der Waals surface area contributed by atoms with Gasteiger partial charge in [-0.3, -0.25) is 0 Å². The summed E-state index contributed by atoms with van der Waals surface area (Å²) in [5, 5.41) is 31.3. The SMILES string of the molecule is Cc1cc(C)c(C2C3CCCC=C3C(C#N)=C(N)C2(C#N)C#N)c(C)c1COc1ccc(Cl)cc1. The van der Waals surface area contributed by atoms with E-state index < -0.39 is 11.3 Å². The smallest absolute Gasteiger partial charge is 0.191 e. The fourth-order valence-electron chi connectivity index (χ4n) is 5.82. The van der Waals surface area contributed by atoms with Gasteiger partial charge in [-0.15, -0.1) is 0 Å². The number of benzene rings is 2. The van der Waals surface area contributed by atoms with Crippen molar-refractivity contribution in [3.63, 3.8) is 0 Å². The molecule has 2 aliphatic carbocycles. The van der Waals surface area contributed by atoms with E-state index in [4.69, 9.17) is 22.1 Å². The lowest BCUT2D eigenvalue weighted by molar-refractivity contribution is 0.300. The van der Waals surface area contributed by atoms with E-state index in [0.29, 0.717) is 23.0 Å². The summed E-state index contributed by atoms with van der Waals surface area (Å²) in [6, 6.07) is 16.0. The van der Waals surface area contributed by atoms with Crippen molar-refractivity contribution in [3.05, 3.63) is 86.1 Å². The van der Waals surface area contributed by atoms with Crippen LogP contribution in [0.4, 0.5) is 0 Å². The molecule has 2 aromatic carbocycles. The summed E-state index contributed by atoms with van der Waals surface area (Å²) in [6.07, 6.45) is 4.65. The molecule has 0 saturated heterocycles. The molecule has 0 saturated carbocycles. The average molecular weight is 483 g/mol. The highest BCUT2D eigenvalue weighted by atomic mass is 35.5. The Labute approximate surface area is 211 Å². The lowest BCUT2D eigenvalue weighted by Crippen LogP contribution is -2.43. The molecular weight excluding hydrogens is 456 g/mol. The van der Waals surface area contributed by atoms with Crippen LogP contribution in [0.15, 0.2) is 53.3 Å². The second kappa shape index (κ2) is 9.50. The van der Waals surface area contributed by atoms with Gasteiger partial charge in [-0.25, -0.2) is 0 Å². The van der Waals surface area contributed by atoms with Gasteiger partial charge in [0.05, 0.1) is 23.4 Å². The molecule has 0 aromatic heterocycles. The predicted octanol–water partition coefficient (Wildman–Crippen LogP) is 6.44. The number of hydrogen-bond acceptors (Lipinski definition) is 5. The van der Waals surface area contributed by atoms with Crippen molar-refractivity contribution in [1.29, 1.82) is 15.8 Å². The van der Waals surface area contributed by atoms with Crippen molar-refractivity contribution in [1.82, 2.24) is 0 Å². The number of nitrogens with zero attached hydrogens (tertiary/aromatic N) is 3. The molecule has 0 bridgehead atoms. The lowest BCUT2D eigenvalue weighted by Gasteiger charge is -2.44. The van der Waals surface area contributed by atoms with E-state index in [0.717, 1.165) is 52.7 Å². The quantitative estimate of drug-likeness (QED) is 0.539. The Hall–Kier alpha value is -3.72. The molecule has 0 spiro atoms. The first kappa shape index (κ1) is 24.4. The molecule has 0 fully saturated rings. The van der Waals surface area contributed by atoms with E-state index in [9.17, 15) is 15.8 Å². The third kappa shape index (κ3) is 3.95. The van der Waals surface area contributed by atoms with Gasteiger partial charge in [-0.1, -0.05) is 23.7 Å². The minimum absolute atomic E-state index is 0.0674. The van der Waals surface area contributed by atoms with Gasteiger partial charge in [-0.2, -0.15) is 15.8 Å². The Bertz CT molecular complexity index is 1350. The van der Waals surface area contributed by atoms with Gasteiger partial charge in [0.25, 0.3) is 0 Å². The van der Waals surface area contributed by atoms with E-state index in [1.807, 2.05) is 32.9 Å². The second-order valence-corrected chi connectivity index (χ2v) is 9.81. The van der Waals surface area contributed by atoms with Gasteiger partial charge in [-0.05, 0) is 104 Å². The highest BCUT2D eigenvalue weighted by molar-refractivity contribution is 6.30. The first-order chi connectivity index (χ1) is 16.8. The number of aryl methyl sites for hydroxylation is 2. The fourth-order valence-corrected chi connectivity index (χ4v) is 5.94. The summed E-state index contributed by atoms with van der Waals surface area (Å²) in [7, 11) is 0. The zero-order valence-electron chi connectivity index (χ0n) is 20.2. The van der Waals surface area contributed by atoms with Crippen molar-refractivity contribution < 1.29 is 4.74 Å². The first-order valence-electron chi connectivity index (χ1n) is 11.7. The zero-order chi connectivity index (χ0) is 25.3. The maximum absolute atomic E-state index is 10.4. The predicted molar refractivity (Wildman–Crippen MR) is 135 cm³/mol. The number of hydrogen-bond donors (Lipinski definition) is 1. The highest BCUT2D eigenvalue weighted by Gasteiger charge is 2.54. The van der Waals surface area contributed by atoms with Gasteiger partial charge in [0.15, 0.2) is 5.41 Å². The van der Waals surface area contributed by atoms with Crippen molar-refractivity contribution in [2.75, 3.05) is 0 Å². The van der Waals surface area contributed by atoms with Gasteiger partial charge < -0.3 is 10.5 Å². The molecule has 35 heavy (non-hydrogen) atoms. The van der Waals surface area contributed by atoms with Crippen LogP contribution in [0.25, 0.3) is 0 Å².